The summed E-state index contributed by atoms with van der Waals surface area (Å²) < 4.78 is 1.84. The molecule has 0 atom stereocenters. The van der Waals surface area contributed by atoms with E-state index in [-0.39, 0.29) is 5.91 Å². The molecule has 5 nitrogen and oxygen atoms in total. The van der Waals surface area contributed by atoms with Crippen molar-refractivity contribution in [1.29, 1.82) is 0 Å². The maximum absolute atomic E-state index is 13.3. The zero-order chi connectivity index (χ0) is 20.8. The molecule has 0 bridgehead atoms. The van der Waals surface area contributed by atoms with E-state index in [2.05, 4.69) is 17.1 Å². The highest BCUT2D eigenvalue weighted by atomic mass is 16.2. The summed E-state index contributed by atoms with van der Waals surface area (Å²) in [5.74, 6) is -0.0379. The quantitative estimate of drug-likeness (QED) is 0.468. The second-order valence-electron chi connectivity index (χ2n) is 7.24. The molecule has 0 aliphatic heterocycles. The van der Waals surface area contributed by atoms with E-state index in [9.17, 15) is 4.79 Å². The predicted octanol–water partition coefficient (Wildman–Crippen LogP) is 4.31. The first-order chi connectivity index (χ1) is 14.7. The number of pyridine rings is 1. The Bertz CT molecular complexity index is 1090. The molecule has 0 N–H and O–H groups in total. The van der Waals surface area contributed by atoms with Crippen LogP contribution in [0.4, 0.5) is 0 Å². The summed E-state index contributed by atoms with van der Waals surface area (Å²) in [4.78, 5) is 19.4. The normalized spacial score (nSPS) is 10.7. The zero-order valence-corrected chi connectivity index (χ0v) is 17.0. The highest BCUT2D eigenvalue weighted by Gasteiger charge is 2.21. The Labute approximate surface area is 176 Å². The number of carbonyl (C=O) groups is 1. The van der Waals surface area contributed by atoms with E-state index in [0.717, 1.165) is 16.8 Å². The van der Waals surface area contributed by atoms with Crippen LogP contribution in [0.2, 0.25) is 0 Å². The average Bonchev–Trinajstić information content (AvgIpc) is 3.22. The van der Waals surface area contributed by atoms with Crippen molar-refractivity contribution in [3.63, 3.8) is 0 Å². The Kier molecular flexibility index (Phi) is 5.99. The fourth-order valence-corrected chi connectivity index (χ4v) is 3.37. The standard InChI is InChI=1S/C25H24N4O/c1-28(17-15-22-14-8-9-16-26-22)25(30)23-19-29(18-20-10-4-2-5-11-20)27-24(23)21-12-6-3-7-13-21/h2-14,16,19H,15,17-18H2,1H3. The van der Waals surface area contributed by atoms with Crippen molar-refractivity contribution in [2.45, 2.75) is 13.0 Å². The van der Waals surface area contributed by atoms with Gasteiger partial charge in [-0.1, -0.05) is 66.7 Å². The Hall–Kier alpha value is -3.73. The second kappa shape index (κ2) is 9.18. The summed E-state index contributed by atoms with van der Waals surface area (Å²) in [7, 11) is 1.83. The van der Waals surface area contributed by atoms with E-state index in [1.165, 1.54) is 0 Å². The van der Waals surface area contributed by atoms with Gasteiger partial charge in [0.05, 0.1) is 12.1 Å². The van der Waals surface area contributed by atoms with Crippen LogP contribution < -0.4 is 0 Å². The summed E-state index contributed by atoms with van der Waals surface area (Å²) in [6.07, 6.45) is 4.34. The first-order valence-corrected chi connectivity index (χ1v) is 10.0. The number of likely N-dealkylation sites (N-methyl/N-ethyl adjacent to an activating group) is 1. The number of carbonyl (C=O) groups excluding carboxylic acids is 1. The van der Waals surface area contributed by atoms with Crippen LogP contribution in [0.3, 0.4) is 0 Å². The van der Waals surface area contributed by atoms with Crippen LogP contribution >= 0.6 is 0 Å². The van der Waals surface area contributed by atoms with Gasteiger partial charge in [-0.2, -0.15) is 5.10 Å². The maximum Gasteiger partial charge on any atom is 0.257 e. The van der Waals surface area contributed by atoms with Gasteiger partial charge in [0, 0.05) is 43.7 Å². The van der Waals surface area contributed by atoms with Gasteiger partial charge >= 0.3 is 0 Å². The number of amides is 1. The maximum atomic E-state index is 13.3. The van der Waals surface area contributed by atoms with Crippen molar-refractivity contribution in [3.8, 4) is 11.3 Å². The van der Waals surface area contributed by atoms with Gasteiger partial charge in [0.1, 0.15) is 5.69 Å². The first kappa shape index (κ1) is 19.6. The number of nitrogens with zero attached hydrogens (tertiary/aromatic N) is 4. The molecule has 150 valence electrons. The fraction of sp³-hybridized carbons (Fsp3) is 0.160. The van der Waals surface area contributed by atoms with Gasteiger partial charge in [-0.3, -0.25) is 14.5 Å². The molecule has 0 saturated heterocycles. The van der Waals surface area contributed by atoms with E-state index in [0.29, 0.717) is 30.8 Å². The topological polar surface area (TPSA) is 51.0 Å². The summed E-state index contributed by atoms with van der Waals surface area (Å²) in [5.41, 5.74) is 4.37. The SMILES string of the molecule is CN(CCc1ccccn1)C(=O)c1cn(Cc2ccccc2)nc1-c1ccccc1. The van der Waals surface area contributed by atoms with Crippen LogP contribution in [0.5, 0.6) is 0 Å². The summed E-state index contributed by atoms with van der Waals surface area (Å²) >= 11 is 0. The lowest BCUT2D eigenvalue weighted by Gasteiger charge is -2.16. The largest absolute Gasteiger partial charge is 0.341 e. The minimum absolute atomic E-state index is 0.0379. The van der Waals surface area contributed by atoms with Gasteiger partial charge < -0.3 is 4.90 Å². The molecule has 0 unspecified atom stereocenters. The summed E-state index contributed by atoms with van der Waals surface area (Å²) in [6.45, 7) is 1.21. The fourth-order valence-electron chi connectivity index (χ4n) is 3.37. The highest BCUT2D eigenvalue weighted by Crippen LogP contribution is 2.23. The number of aromatic nitrogens is 3. The van der Waals surface area contributed by atoms with Crippen molar-refractivity contribution >= 4 is 5.91 Å². The van der Waals surface area contributed by atoms with Gasteiger partial charge in [0.2, 0.25) is 0 Å². The molecule has 2 aromatic heterocycles. The molecule has 4 rings (SSSR count). The third kappa shape index (κ3) is 4.63. The predicted molar refractivity (Wildman–Crippen MR) is 118 cm³/mol. The number of rotatable bonds is 7. The van der Waals surface area contributed by atoms with Crippen LogP contribution in [-0.2, 0) is 13.0 Å². The Morgan fingerprint density at radius 1 is 0.933 bits per heavy atom. The van der Waals surface area contributed by atoms with Crippen LogP contribution in [-0.4, -0.2) is 39.2 Å². The van der Waals surface area contributed by atoms with Gasteiger partial charge in [-0.25, -0.2) is 0 Å². The number of hydrogen-bond acceptors (Lipinski definition) is 3. The van der Waals surface area contributed by atoms with Crippen molar-refractivity contribution < 1.29 is 4.79 Å². The molecule has 0 fully saturated rings. The lowest BCUT2D eigenvalue weighted by Crippen LogP contribution is -2.29. The van der Waals surface area contributed by atoms with Gasteiger partial charge in [-0.15, -0.1) is 0 Å². The lowest BCUT2D eigenvalue weighted by atomic mass is 10.1. The van der Waals surface area contributed by atoms with Crippen molar-refractivity contribution in [2.75, 3.05) is 13.6 Å². The third-order valence-corrected chi connectivity index (χ3v) is 5.00. The van der Waals surface area contributed by atoms with E-state index in [1.807, 2.05) is 84.7 Å². The minimum Gasteiger partial charge on any atom is -0.341 e. The Morgan fingerprint density at radius 3 is 2.33 bits per heavy atom. The first-order valence-electron chi connectivity index (χ1n) is 10.0. The molecule has 1 amide bonds. The molecule has 5 heteroatoms. The molecule has 0 saturated carbocycles. The molecule has 4 aromatic rings. The van der Waals surface area contributed by atoms with Crippen molar-refractivity contribution in [2.24, 2.45) is 0 Å². The molecule has 2 aromatic carbocycles. The van der Waals surface area contributed by atoms with Crippen molar-refractivity contribution in [1.82, 2.24) is 19.7 Å². The highest BCUT2D eigenvalue weighted by molar-refractivity contribution is 5.99. The Morgan fingerprint density at radius 2 is 1.63 bits per heavy atom. The zero-order valence-electron chi connectivity index (χ0n) is 17.0. The molecular formula is C25H24N4O. The van der Waals surface area contributed by atoms with Gasteiger partial charge in [-0.05, 0) is 17.7 Å². The molecule has 0 radical (unpaired) electrons. The summed E-state index contributed by atoms with van der Waals surface area (Å²) in [6, 6.07) is 25.8. The molecule has 0 aliphatic rings. The van der Waals surface area contributed by atoms with E-state index >= 15 is 0 Å². The molecule has 0 spiro atoms. The van der Waals surface area contributed by atoms with E-state index < -0.39 is 0 Å². The van der Waals surface area contributed by atoms with Crippen LogP contribution in [0.1, 0.15) is 21.6 Å². The Balaban J connectivity index is 1.59. The lowest BCUT2D eigenvalue weighted by molar-refractivity contribution is 0.0797. The number of hydrogen-bond donors (Lipinski definition) is 0. The summed E-state index contributed by atoms with van der Waals surface area (Å²) in [5, 5.41) is 4.75. The monoisotopic (exact) mass is 396 g/mol. The second-order valence-corrected chi connectivity index (χ2v) is 7.24. The molecule has 2 heterocycles. The molecule has 0 aliphatic carbocycles. The third-order valence-electron chi connectivity index (χ3n) is 5.00. The molecular weight excluding hydrogens is 372 g/mol. The molecule has 30 heavy (non-hydrogen) atoms. The van der Waals surface area contributed by atoms with E-state index in [1.54, 1.807) is 11.1 Å². The van der Waals surface area contributed by atoms with Gasteiger partial charge in [0.15, 0.2) is 0 Å². The number of benzene rings is 2. The average molecular weight is 396 g/mol. The minimum atomic E-state index is -0.0379. The smallest absolute Gasteiger partial charge is 0.257 e. The van der Waals surface area contributed by atoms with Crippen LogP contribution in [0.25, 0.3) is 11.3 Å². The van der Waals surface area contributed by atoms with Crippen LogP contribution in [0.15, 0.2) is 91.3 Å². The van der Waals surface area contributed by atoms with Crippen LogP contribution in [0, 0.1) is 0 Å². The van der Waals surface area contributed by atoms with Gasteiger partial charge in [0.25, 0.3) is 5.91 Å². The van der Waals surface area contributed by atoms with Crippen molar-refractivity contribution in [3.05, 3.63) is 108 Å². The van der Waals surface area contributed by atoms with E-state index in [4.69, 9.17) is 5.10 Å².